The molecule has 3 rings (SSSR count). The molecule has 0 aliphatic rings. The van der Waals surface area contributed by atoms with E-state index in [-0.39, 0.29) is 34.2 Å². The highest BCUT2D eigenvalue weighted by molar-refractivity contribution is 6.30. The third kappa shape index (κ3) is 8.44. The number of hydrogen-bond donors (Lipinski definition) is 3. The number of rotatable bonds is 7. The van der Waals surface area contributed by atoms with Gasteiger partial charge in [0.25, 0.3) is 5.91 Å². The van der Waals surface area contributed by atoms with E-state index in [1.54, 1.807) is 34.6 Å². The van der Waals surface area contributed by atoms with Crippen molar-refractivity contribution in [2.45, 2.75) is 59.0 Å². The van der Waals surface area contributed by atoms with E-state index in [1.165, 1.54) is 27.6 Å². The number of nitrogens with one attached hydrogen (secondary N) is 1. The normalized spacial score (nSPS) is 12.3. The number of halogens is 6. The van der Waals surface area contributed by atoms with Crippen molar-refractivity contribution in [3.63, 3.8) is 0 Å². The predicted octanol–water partition coefficient (Wildman–Crippen LogP) is 5.68. The van der Waals surface area contributed by atoms with Crippen LogP contribution >= 0.6 is 11.6 Å². The van der Waals surface area contributed by atoms with Crippen LogP contribution in [0.4, 0.5) is 26.7 Å². The number of hydrogen-bond acceptors (Lipinski definition) is 5. The van der Waals surface area contributed by atoms with Crippen LogP contribution in [-0.4, -0.2) is 66.8 Å². The van der Waals surface area contributed by atoms with E-state index in [1.807, 2.05) is 0 Å². The summed E-state index contributed by atoms with van der Waals surface area (Å²) in [7, 11) is 0. The van der Waals surface area contributed by atoms with E-state index in [0.717, 1.165) is 12.1 Å². The van der Waals surface area contributed by atoms with Crippen LogP contribution in [0.25, 0.3) is 5.65 Å². The minimum Gasteiger partial charge on any atom is -0.485 e. The molecule has 0 fully saturated rings. The molecule has 2 amide bonds. The fourth-order valence-corrected chi connectivity index (χ4v) is 4.14. The lowest BCUT2D eigenvalue weighted by Gasteiger charge is -2.38. The molecule has 0 radical (unpaired) electrons. The Morgan fingerprint density at radius 2 is 1.69 bits per heavy atom. The first-order valence-electron chi connectivity index (χ1n) is 12.1. The molecule has 230 valence electrons. The van der Waals surface area contributed by atoms with Crippen molar-refractivity contribution < 1.29 is 51.3 Å². The van der Waals surface area contributed by atoms with Gasteiger partial charge in [0.05, 0.1) is 22.3 Å². The fraction of sp³-hybridized carbons (Fsp3) is 0.385. The van der Waals surface area contributed by atoms with Crippen molar-refractivity contribution in [1.82, 2.24) is 19.6 Å². The quantitative estimate of drug-likeness (QED) is 0.289. The lowest BCUT2D eigenvalue weighted by atomic mass is 10.0. The summed E-state index contributed by atoms with van der Waals surface area (Å²) in [5.74, 6) is -4.60. The highest BCUT2D eigenvalue weighted by atomic mass is 35.5. The van der Waals surface area contributed by atoms with Gasteiger partial charge < -0.3 is 20.3 Å². The van der Waals surface area contributed by atoms with Gasteiger partial charge >= 0.3 is 18.2 Å². The Hall–Kier alpha value is -4.14. The molecule has 1 unspecified atom stereocenters. The predicted molar refractivity (Wildman–Crippen MR) is 141 cm³/mol. The molecule has 0 saturated heterocycles. The number of carboxylic acid groups (broad SMARTS) is 2. The number of imidazole rings is 1. The average molecular weight is 623 g/mol. The number of fused-ring (bicyclic) bond motifs is 1. The lowest BCUT2D eigenvalue weighted by Crippen LogP contribution is -2.53. The van der Waals surface area contributed by atoms with Crippen LogP contribution in [0.5, 0.6) is 5.75 Å². The highest BCUT2D eigenvalue weighted by Gasteiger charge is 2.38. The lowest BCUT2D eigenvalue weighted by molar-refractivity contribution is -0.192. The van der Waals surface area contributed by atoms with Gasteiger partial charge in [-0.2, -0.15) is 13.2 Å². The van der Waals surface area contributed by atoms with E-state index in [4.69, 9.17) is 26.2 Å². The van der Waals surface area contributed by atoms with Crippen molar-refractivity contribution in [3.8, 4) is 5.75 Å². The summed E-state index contributed by atoms with van der Waals surface area (Å²) in [6.45, 7) is 8.28. The van der Waals surface area contributed by atoms with E-state index in [2.05, 4.69) is 10.3 Å². The fourth-order valence-electron chi connectivity index (χ4n) is 3.95. The number of aryl methyl sites for hydroxylation is 1. The summed E-state index contributed by atoms with van der Waals surface area (Å²) in [4.78, 5) is 39.3. The van der Waals surface area contributed by atoms with Crippen molar-refractivity contribution in [1.29, 1.82) is 0 Å². The molecular weight excluding hydrogens is 595 g/mol. The summed E-state index contributed by atoms with van der Waals surface area (Å²) >= 11 is 6.23. The van der Waals surface area contributed by atoms with E-state index in [9.17, 15) is 36.6 Å². The highest BCUT2D eigenvalue weighted by Crippen LogP contribution is 2.28. The SMILES string of the molecule is Cc1nc2c(OCc3c(F)cccc3F)cc(Cl)cn2c1C(=O)NCC(C)N(C(=O)O)C(C)(C)C.O=C(O)C(F)(F)F. The Morgan fingerprint density at radius 1 is 1.14 bits per heavy atom. The molecule has 3 aromatic rings. The first-order valence-corrected chi connectivity index (χ1v) is 12.5. The molecule has 42 heavy (non-hydrogen) atoms. The Bertz CT molecular complexity index is 1450. The first-order chi connectivity index (χ1) is 19.2. The number of aromatic nitrogens is 2. The average Bonchev–Trinajstić information content (AvgIpc) is 3.16. The van der Waals surface area contributed by atoms with Crippen LogP contribution in [0.2, 0.25) is 5.02 Å². The molecular formula is C26H28ClF5N4O6. The Balaban J connectivity index is 0.000000782. The number of carboxylic acids is 1. The van der Waals surface area contributed by atoms with Gasteiger partial charge in [-0.25, -0.2) is 23.4 Å². The zero-order chi connectivity index (χ0) is 32.2. The van der Waals surface area contributed by atoms with Crippen LogP contribution in [0.1, 0.15) is 49.4 Å². The number of ether oxygens (including phenoxy) is 1. The first kappa shape index (κ1) is 34.1. The minimum absolute atomic E-state index is 0.0611. The van der Waals surface area contributed by atoms with Crippen LogP contribution in [0.15, 0.2) is 30.5 Å². The number of amides is 2. The number of nitrogens with zero attached hydrogens (tertiary/aromatic N) is 3. The van der Waals surface area contributed by atoms with Crippen molar-refractivity contribution in [2.24, 2.45) is 0 Å². The Labute approximate surface area is 241 Å². The van der Waals surface area contributed by atoms with Gasteiger partial charge in [-0.1, -0.05) is 17.7 Å². The minimum atomic E-state index is -5.08. The molecule has 0 saturated carbocycles. The third-order valence-corrected chi connectivity index (χ3v) is 5.85. The molecule has 1 aromatic carbocycles. The maximum atomic E-state index is 14.0. The van der Waals surface area contributed by atoms with Gasteiger partial charge in [0.15, 0.2) is 11.4 Å². The van der Waals surface area contributed by atoms with Crippen molar-refractivity contribution in [3.05, 3.63) is 64.1 Å². The van der Waals surface area contributed by atoms with Gasteiger partial charge in [0.2, 0.25) is 0 Å². The number of pyridine rings is 1. The van der Waals surface area contributed by atoms with E-state index in [0.29, 0.717) is 5.69 Å². The number of alkyl halides is 3. The second-order valence-electron chi connectivity index (χ2n) is 9.94. The smallest absolute Gasteiger partial charge is 0.485 e. The van der Waals surface area contributed by atoms with Gasteiger partial charge in [-0.15, -0.1) is 0 Å². The van der Waals surface area contributed by atoms with E-state index >= 15 is 0 Å². The second-order valence-corrected chi connectivity index (χ2v) is 10.4. The van der Waals surface area contributed by atoms with Crippen molar-refractivity contribution in [2.75, 3.05) is 6.54 Å². The molecule has 0 aliphatic carbocycles. The summed E-state index contributed by atoms with van der Waals surface area (Å²) < 4.78 is 66.8. The molecule has 2 heterocycles. The maximum Gasteiger partial charge on any atom is 0.490 e. The molecule has 16 heteroatoms. The Morgan fingerprint density at radius 3 is 2.17 bits per heavy atom. The summed E-state index contributed by atoms with van der Waals surface area (Å²) in [5, 5.41) is 19.7. The molecule has 0 aliphatic heterocycles. The zero-order valence-corrected chi connectivity index (χ0v) is 23.8. The molecule has 0 spiro atoms. The van der Waals surface area contributed by atoms with Crippen LogP contribution in [-0.2, 0) is 11.4 Å². The van der Waals surface area contributed by atoms with Crippen LogP contribution in [0.3, 0.4) is 0 Å². The van der Waals surface area contributed by atoms with Crippen LogP contribution < -0.4 is 10.1 Å². The van der Waals surface area contributed by atoms with Gasteiger partial charge in [-0.3, -0.25) is 14.1 Å². The molecule has 10 nitrogen and oxygen atoms in total. The summed E-state index contributed by atoms with van der Waals surface area (Å²) in [6.07, 6.45) is -4.70. The summed E-state index contributed by atoms with van der Waals surface area (Å²) in [6, 6.07) is 4.45. The number of carbonyl (C=O) groups is 3. The largest absolute Gasteiger partial charge is 0.490 e. The second kappa shape index (κ2) is 13.2. The standard InChI is InChI=1S/C24H27ClF2N4O4.C2HF3O2/c1-13(31(23(33)34)24(3,4)5)10-28-22(32)20-14(2)29-21-19(9-15(25)11-30(20)21)35-12-16-17(26)7-6-8-18(16)27;3-2(4,5)1(6)7/h6-9,11,13H,10,12H2,1-5H3,(H,28,32)(H,33,34);(H,6,7). The topological polar surface area (TPSA) is 133 Å². The van der Waals surface area contributed by atoms with Crippen LogP contribution in [0, 0.1) is 18.6 Å². The molecule has 1 atom stereocenters. The molecule has 2 aromatic heterocycles. The van der Waals surface area contributed by atoms with Gasteiger partial charge in [0, 0.05) is 24.3 Å². The summed E-state index contributed by atoms with van der Waals surface area (Å²) in [5.41, 5.74) is -0.127. The van der Waals surface area contributed by atoms with Gasteiger partial charge in [0.1, 0.15) is 23.9 Å². The zero-order valence-electron chi connectivity index (χ0n) is 23.0. The maximum absolute atomic E-state index is 14.0. The van der Waals surface area contributed by atoms with Crippen molar-refractivity contribution >= 4 is 35.2 Å². The Kier molecular flexibility index (Phi) is 10.7. The molecule has 0 bridgehead atoms. The third-order valence-electron chi connectivity index (χ3n) is 5.65. The van der Waals surface area contributed by atoms with E-state index < -0.39 is 54.0 Å². The number of benzene rings is 1. The monoisotopic (exact) mass is 622 g/mol. The number of carbonyl (C=O) groups excluding carboxylic acids is 1. The molecule has 3 N–H and O–H groups in total. The van der Waals surface area contributed by atoms with Gasteiger partial charge in [-0.05, 0) is 46.8 Å². The number of aliphatic carboxylic acids is 1.